The van der Waals surface area contributed by atoms with Crippen LogP contribution in [-0.2, 0) is 0 Å². The van der Waals surface area contributed by atoms with E-state index in [1.807, 2.05) is 24.3 Å². The lowest BCUT2D eigenvalue weighted by molar-refractivity contribution is 0.0651. The van der Waals surface area contributed by atoms with Gasteiger partial charge in [0.05, 0.1) is 31.4 Å². The minimum Gasteiger partial charge on any atom is -0.277 e. The summed E-state index contributed by atoms with van der Waals surface area (Å²) in [7, 11) is 19.5. The second-order valence-electron chi connectivity index (χ2n) is 6.95. The largest absolute Gasteiger partial charge is 0.277 e. The molecule has 5 aromatic carbocycles. The van der Waals surface area contributed by atoms with Gasteiger partial charge in [-0.05, 0) is 49.8 Å². The topological polar surface area (TPSA) is 37.4 Å². The molecule has 0 atom stereocenters. The van der Waals surface area contributed by atoms with Gasteiger partial charge >= 0.3 is 0 Å². The molecule has 0 unspecified atom stereocenters. The highest BCUT2D eigenvalue weighted by atomic mass is 16.2. The zero-order valence-electron chi connectivity index (χ0n) is 20.3. The van der Waals surface area contributed by atoms with Crippen molar-refractivity contribution in [2.45, 2.75) is 27.3 Å². The van der Waals surface area contributed by atoms with Crippen molar-refractivity contribution in [3.8, 4) is 0 Å². The lowest BCUT2D eigenvalue weighted by Gasteiger charge is -2.25. The summed E-state index contributed by atoms with van der Waals surface area (Å²) in [6.45, 7) is 6.00. The minimum absolute atomic E-state index is 0.233. The van der Waals surface area contributed by atoms with Crippen LogP contribution in [0, 0.1) is 0 Å². The molecule has 34 heavy (non-hydrogen) atoms. The van der Waals surface area contributed by atoms with E-state index in [0.717, 1.165) is 32.3 Å². The molecule has 0 spiro atoms. The van der Waals surface area contributed by atoms with Crippen LogP contribution in [0.5, 0.6) is 0 Å². The van der Waals surface area contributed by atoms with Gasteiger partial charge in [0.1, 0.15) is 0 Å². The molecule has 0 fully saturated rings. The van der Waals surface area contributed by atoms with Crippen molar-refractivity contribution >= 4 is 86.3 Å². The summed E-state index contributed by atoms with van der Waals surface area (Å²) < 4.78 is 0. The fourth-order valence-electron chi connectivity index (χ4n) is 4.54. The third kappa shape index (κ3) is 3.98. The Hall–Kier alpha value is -3.20. The van der Waals surface area contributed by atoms with E-state index in [2.05, 4.69) is 67.8 Å². The van der Waals surface area contributed by atoms with Gasteiger partial charge in [0, 0.05) is 23.6 Å². The number of rotatable bonds is 0. The predicted molar refractivity (Wildman–Crippen MR) is 151 cm³/mol. The van der Waals surface area contributed by atoms with Crippen LogP contribution < -0.4 is 0 Å². The Morgan fingerprint density at radius 2 is 0.882 bits per heavy atom. The van der Waals surface area contributed by atoms with E-state index in [1.165, 1.54) is 43.0 Å². The molecular formula is C27H25B4NO2. The molecule has 1 aliphatic rings. The Labute approximate surface area is 206 Å². The van der Waals surface area contributed by atoms with Crippen molar-refractivity contribution in [2.75, 3.05) is 7.05 Å². The van der Waals surface area contributed by atoms with Crippen LogP contribution in [-0.4, -0.2) is 55.1 Å². The van der Waals surface area contributed by atoms with E-state index in [-0.39, 0.29) is 11.8 Å². The first-order valence-electron chi connectivity index (χ1n) is 10.9. The van der Waals surface area contributed by atoms with Crippen LogP contribution in [0.1, 0.15) is 20.7 Å². The molecule has 0 saturated heterocycles. The second-order valence-corrected chi connectivity index (χ2v) is 6.95. The van der Waals surface area contributed by atoms with E-state index in [1.54, 1.807) is 7.05 Å². The van der Waals surface area contributed by atoms with E-state index >= 15 is 0 Å². The highest BCUT2D eigenvalue weighted by molar-refractivity contribution is 6.38. The first-order chi connectivity index (χ1) is 16.7. The monoisotopic (exact) mass is 439 g/mol. The molecule has 0 saturated carbocycles. The molecule has 8 radical (unpaired) electrons. The Morgan fingerprint density at radius 3 is 1.29 bits per heavy atom. The number of carbonyl (C=O) groups excluding carboxylic acids is 2. The molecule has 6 rings (SSSR count). The number of carbonyl (C=O) groups is 2. The van der Waals surface area contributed by atoms with E-state index in [0.29, 0.717) is 11.1 Å². The summed E-state index contributed by atoms with van der Waals surface area (Å²) >= 11 is 0. The predicted octanol–water partition coefficient (Wildman–Crippen LogP) is 5.78. The number of amides is 2. The Morgan fingerprint density at radius 1 is 0.500 bits per heavy atom. The maximum absolute atomic E-state index is 12.7. The normalized spacial score (nSPS) is 11.6. The number of nitrogens with zero attached hydrogens (tertiary/aromatic N) is 1. The summed E-state index contributed by atoms with van der Waals surface area (Å²) in [4.78, 5) is 26.6. The number of benzene rings is 5. The standard InChI is InChI=1S/C23H13NO2.4CH3B/c1-24-22(25)17-10-8-15-13-6-2-4-12-5-3-7-14(19(12)13)16-9-11-18(23(24)26)21(17)20(15)16;4*1-2/h2-11H,1H3;4*1H3. The molecule has 7 heteroatoms. The lowest BCUT2D eigenvalue weighted by atomic mass is 9.85. The summed E-state index contributed by atoms with van der Waals surface area (Å²) in [6.07, 6.45) is 0. The van der Waals surface area contributed by atoms with Gasteiger partial charge in [-0.2, -0.15) is 0 Å². The van der Waals surface area contributed by atoms with Crippen molar-refractivity contribution in [1.29, 1.82) is 0 Å². The molecule has 0 bridgehead atoms. The maximum atomic E-state index is 12.7. The first-order valence-corrected chi connectivity index (χ1v) is 10.9. The van der Waals surface area contributed by atoms with Gasteiger partial charge in [0.25, 0.3) is 11.8 Å². The van der Waals surface area contributed by atoms with Crippen LogP contribution in [0.15, 0.2) is 60.7 Å². The van der Waals surface area contributed by atoms with Crippen molar-refractivity contribution in [3.63, 3.8) is 0 Å². The summed E-state index contributed by atoms with van der Waals surface area (Å²) in [5.74, 6) is -0.466. The number of hydrogen-bond donors (Lipinski definition) is 0. The maximum Gasteiger partial charge on any atom is 0.261 e. The Balaban J connectivity index is 0.000000467. The van der Waals surface area contributed by atoms with E-state index in [9.17, 15) is 9.59 Å². The van der Waals surface area contributed by atoms with Crippen molar-refractivity contribution < 1.29 is 9.59 Å². The Kier molecular flexibility index (Phi) is 9.37. The van der Waals surface area contributed by atoms with Gasteiger partial charge in [-0.3, -0.25) is 14.5 Å². The van der Waals surface area contributed by atoms with E-state index in [4.69, 9.17) is 0 Å². The SMILES string of the molecule is CN1C(=O)c2ccc3c4cccc5cccc(c6ccc(c2c36)C1=O)c54.[B]C.[B]C.[B]C.[B]C. The molecule has 5 aromatic rings. The first kappa shape index (κ1) is 27.0. The molecule has 2 amide bonds. The van der Waals surface area contributed by atoms with Crippen LogP contribution in [0.4, 0.5) is 0 Å². The summed E-state index contributed by atoms with van der Waals surface area (Å²) in [5.41, 5.74) is 1.21. The number of fused-ring (bicyclic) bond motifs is 2. The Bertz CT molecular complexity index is 1350. The molecule has 1 aliphatic heterocycles. The highest BCUT2D eigenvalue weighted by Crippen LogP contribution is 2.43. The van der Waals surface area contributed by atoms with Crippen LogP contribution in [0.2, 0.25) is 27.3 Å². The fourth-order valence-corrected chi connectivity index (χ4v) is 4.54. The number of hydrogen-bond acceptors (Lipinski definition) is 2. The minimum atomic E-state index is -0.233. The zero-order chi connectivity index (χ0) is 25.6. The lowest BCUT2D eigenvalue weighted by Crippen LogP contribution is -2.36. The third-order valence-corrected chi connectivity index (χ3v) is 5.72. The molecule has 3 nitrogen and oxygen atoms in total. The molecule has 0 aliphatic carbocycles. The highest BCUT2D eigenvalue weighted by Gasteiger charge is 2.31. The van der Waals surface area contributed by atoms with Crippen LogP contribution in [0.25, 0.3) is 43.1 Å². The van der Waals surface area contributed by atoms with Crippen molar-refractivity contribution in [2.24, 2.45) is 0 Å². The molecule has 1 heterocycles. The van der Waals surface area contributed by atoms with Gasteiger partial charge in [-0.1, -0.05) is 75.8 Å². The number of imide groups is 1. The van der Waals surface area contributed by atoms with Gasteiger partial charge in [0.15, 0.2) is 0 Å². The quantitative estimate of drug-likeness (QED) is 0.133. The van der Waals surface area contributed by atoms with Crippen LogP contribution >= 0.6 is 0 Å². The molecule has 0 N–H and O–H groups in total. The summed E-state index contributed by atoms with van der Waals surface area (Å²) in [6, 6.07) is 20.4. The fraction of sp³-hybridized carbons (Fsp3) is 0.185. The molecular weight excluding hydrogens is 414 g/mol. The van der Waals surface area contributed by atoms with Crippen molar-refractivity contribution in [3.05, 3.63) is 71.8 Å². The smallest absolute Gasteiger partial charge is 0.261 e. The van der Waals surface area contributed by atoms with Gasteiger partial charge in [0.2, 0.25) is 0 Å². The van der Waals surface area contributed by atoms with Crippen molar-refractivity contribution in [1.82, 2.24) is 4.90 Å². The average Bonchev–Trinajstić information content (AvgIpc) is 2.93. The van der Waals surface area contributed by atoms with Crippen LogP contribution in [0.3, 0.4) is 0 Å². The van der Waals surface area contributed by atoms with Gasteiger partial charge in [-0.15, -0.1) is 0 Å². The molecule has 0 aromatic heterocycles. The third-order valence-electron chi connectivity index (χ3n) is 5.72. The van der Waals surface area contributed by atoms with E-state index < -0.39 is 0 Å². The average molecular weight is 439 g/mol. The van der Waals surface area contributed by atoms with Gasteiger partial charge < -0.3 is 0 Å². The zero-order valence-corrected chi connectivity index (χ0v) is 20.3. The van der Waals surface area contributed by atoms with Gasteiger partial charge in [-0.25, -0.2) is 0 Å². The summed E-state index contributed by atoms with van der Waals surface area (Å²) in [5, 5.41) is 8.74. The molecule has 162 valence electrons. The second kappa shape index (κ2) is 11.8.